The highest BCUT2D eigenvalue weighted by Gasteiger charge is 2.23. The van der Waals surface area contributed by atoms with Crippen LogP contribution in [0.5, 0.6) is 0 Å². The number of benzene rings is 1. The molecular weight excluding hydrogens is 258 g/mol. The number of carbonyl (C=O) groups is 1. The Bertz CT molecular complexity index is 582. The van der Waals surface area contributed by atoms with Crippen LogP contribution in [0.2, 0.25) is 0 Å². The summed E-state index contributed by atoms with van der Waals surface area (Å²) < 4.78 is 5.42. The summed E-state index contributed by atoms with van der Waals surface area (Å²) in [5.74, 6) is -0.326. The van der Waals surface area contributed by atoms with E-state index in [-0.39, 0.29) is 5.97 Å². The highest BCUT2D eigenvalue weighted by atomic mass is 32.1. The fraction of sp³-hybridized carbons (Fsp3) is 0.267. The quantitative estimate of drug-likeness (QED) is 0.844. The number of hydrogen-bond acceptors (Lipinski definition) is 4. The monoisotopic (exact) mass is 275 g/mol. The topological polar surface area (TPSA) is 52.3 Å². The minimum absolute atomic E-state index is 0.326. The van der Waals surface area contributed by atoms with E-state index in [1.165, 1.54) is 11.3 Å². The van der Waals surface area contributed by atoms with Gasteiger partial charge in [-0.2, -0.15) is 0 Å². The van der Waals surface area contributed by atoms with Crippen molar-refractivity contribution in [2.45, 2.75) is 26.4 Å². The molecule has 0 fully saturated rings. The van der Waals surface area contributed by atoms with Gasteiger partial charge >= 0.3 is 5.97 Å². The van der Waals surface area contributed by atoms with E-state index in [2.05, 4.69) is 0 Å². The fourth-order valence-electron chi connectivity index (χ4n) is 1.72. The first kappa shape index (κ1) is 13.6. The third-order valence-electron chi connectivity index (χ3n) is 2.42. The minimum Gasteiger partial charge on any atom is -0.456 e. The molecule has 1 aromatic carbocycles. The number of carbonyl (C=O) groups excluding carboxylic acids is 1. The first-order chi connectivity index (χ1) is 8.87. The molecule has 0 aliphatic rings. The molecule has 0 aliphatic carbocycles. The molecule has 2 rings (SSSR count). The Morgan fingerprint density at radius 1 is 1.21 bits per heavy atom. The first-order valence-corrected chi connectivity index (χ1v) is 6.86. The molecule has 0 saturated carbocycles. The van der Waals surface area contributed by atoms with Crippen molar-refractivity contribution in [1.29, 1.82) is 0 Å². The molecule has 0 unspecified atom stereocenters. The Kier molecular flexibility index (Phi) is 3.62. The number of nitrogens with two attached hydrogens (primary N) is 1. The fourth-order valence-corrected chi connectivity index (χ4v) is 2.54. The molecule has 0 amide bonds. The summed E-state index contributed by atoms with van der Waals surface area (Å²) in [4.78, 5) is 12.8. The molecule has 4 heteroatoms. The first-order valence-electron chi connectivity index (χ1n) is 6.05. The summed E-state index contributed by atoms with van der Waals surface area (Å²) in [5, 5.41) is 0.611. The number of thiophene rings is 1. The predicted molar refractivity (Wildman–Crippen MR) is 79.3 cm³/mol. The Morgan fingerprint density at radius 2 is 1.84 bits per heavy atom. The smallest absolute Gasteiger partial charge is 0.349 e. The van der Waals surface area contributed by atoms with Crippen LogP contribution in [0.1, 0.15) is 30.4 Å². The number of nitrogen functional groups attached to an aromatic ring is 1. The summed E-state index contributed by atoms with van der Waals surface area (Å²) in [5.41, 5.74) is 7.12. The Hall–Kier alpha value is -1.81. The zero-order chi connectivity index (χ0) is 14.0. The van der Waals surface area contributed by atoms with Crippen LogP contribution in [0.15, 0.2) is 36.4 Å². The number of anilines is 1. The van der Waals surface area contributed by atoms with Gasteiger partial charge in [0.2, 0.25) is 0 Å². The van der Waals surface area contributed by atoms with Gasteiger partial charge in [0.05, 0.1) is 5.00 Å². The lowest BCUT2D eigenvalue weighted by molar-refractivity contribution is 0.00761. The van der Waals surface area contributed by atoms with Crippen LogP contribution in [0.3, 0.4) is 0 Å². The van der Waals surface area contributed by atoms with Crippen molar-refractivity contribution >= 4 is 22.3 Å². The summed E-state index contributed by atoms with van der Waals surface area (Å²) in [6, 6.07) is 11.5. The van der Waals surface area contributed by atoms with Gasteiger partial charge in [0.1, 0.15) is 10.5 Å². The summed E-state index contributed by atoms with van der Waals surface area (Å²) in [6.45, 7) is 5.55. The minimum atomic E-state index is -0.510. The molecule has 0 bridgehead atoms. The van der Waals surface area contributed by atoms with Gasteiger partial charge in [-0.05, 0) is 32.4 Å². The molecule has 100 valence electrons. The average molecular weight is 275 g/mol. The molecule has 19 heavy (non-hydrogen) atoms. The molecular formula is C15H17NO2S. The van der Waals surface area contributed by atoms with Gasteiger partial charge in [-0.1, -0.05) is 30.3 Å². The van der Waals surface area contributed by atoms with Crippen molar-refractivity contribution in [2.24, 2.45) is 0 Å². The number of esters is 1. The maximum Gasteiger partial charge on any atom is 0.349 e. The van der Waals surface area contributed by atoms with Gasteiger partial charge in [0, 0.05) is 5.56 Å². The summed E-state index contributed by atoms with van der Waals surface area (Å²) in [6.07, 6.45) is 0. The average Bonchev–Trinajstić information content (AvgIpc) is 2.70. The van der Waals surface area contributed by atoms with Crippen LogP contribution in [0.4, 0.5) is 5.00 Å². The molecule has 1 aromatic heterocycles. The second-order valence-corrected chi connectivity index (χ2v) is 6.34. The molecule has 0 aliphatic heterocycles. The zero-order valence-corrected chi connectivity index (χ0v) is 12.1. The standard InChI is InChI=1S/C15H17NO2S/c1-15(2,3)18-14(17)13-11(9-12(16)19-13)10-7-5-4-6-8-10/h4-9H,16H2,1-3H3. The zero-order valence-electron chi connectivity index (χ0n) is 11.3. The van der Waals surface area contributed by atoms with Crippen molar-refractivity contribution in [1.82, 2.24) is 0 Å². The van der Waals surface area contributed by atoms with Gasteiger partial charge in [-0.3, -0.25) is 0 Å². The number of hydrogen-bond donors (Lipinski definition) is 1. The number of ether oxygens (including phenoxy) is 1. The largest absolute Gasteiger partial charge is 0.456 e. The van der Waals surface area contributed by atoms with Crippen molar-refractivity contribution in [3.8, 4) is 11.1 Å². The van der Waals surface area contributed by atoms with E-state index in [0.717, 1.165) is 11.1 Å². The molecule has 0 saturated heterocycles. The Balaban J connectivity index is 2.40. The van der Waals surface area contributed by atoms with E-state index in [0.29, 0.717) is 9.88 Å². The highest BCUT2D eigenvalue weighted by molar-refractivity contribution is 7.18. The lowest BCUT2D eigenvalue weighted by Gasteiger charge is -2.19. The van der Waals surface area contributed by atoms with Crippen molar-refractivity contribution in [3.63, 3.8) is 0 Å². The molecule has 0 spiro atoms. The van der Waals surface area contributed by atoms with E-state index >= 15 is 0 Å². The van der Waals surface area contributed by atoms with Crippen LogP contribution >= 0.6 is 11.3 Å². The molecule has 2 aromatic rings. The van der Waals surface area contributed by atoms with Gasteiger partial charge in [-0.15, -0.1) is 11.3 Å². The van der Waals surface area contributed by atoms with Gasteiger partial charge in [0.15, 0.2) is 0 Å². The van der Waals surface area contributed by atoms with Gasteiger partial charge < -0.3 is 10.5 Å². The van der Waals surface area contributed by atoms with Crippen LogP contribution < -0.4 is 5.73 Å². The van der Waals surface area contributed by atoms with Crippen LogP contribution in [-0.2, 0) is 4.74 Å². The van der Waals surface area contributed by atoms with Crippen molar-refractivity contribution in [3.05, 3.63) is 41.3 Å². The SMILES string of the molecule is CC(C)(C)OC(=O)c1sc(N)cc1-c1ccccc1. The Morgan fingerprint density at radius 3 is 2.42 bits per heavy atom. The van der Waals surface area contributed by atoms with Gasteiger partial charge in [0.25, 0.3) is 0 Å². The van der Waals surface area contributed by atoms with E-state index in [4.69, 9.17) is 10.5 Å². The number of rotatable bonds is 2. The molecule has 3 nitrogen and oxygen atoms in total. The third kappa shape index (κ3) is 3.35. The van der Waals surface area contributed by atoms with Crippen molar-refractivity contribution in [2.75, 3.05) is 5.73 Å². The van der Waals surface area contributed by atoms with Crippen LogP contribution in [0, 0.1) is 0 Å². The second kappa shape index (κ2) is 5.05. The molecule has 0 radical (unpaired) electrons. The molecule has 0 atom stereocenters. The van der Waals surface area contributed by atoms with E-state index in [1.54, 1.807) is 0 Å². The Labute approximate surface area is 117 Å². The van der Waals surface area contributed by atoms with Gasteiger partial charge in [-0.25, -0.2) is 4.79 Å². The maximum atomic E-state index is 12.2. The van der Waals surface area contributed by atoms with E-state index in [9.17, 15) is 4.79 Å². The van der Waals surface area contributed by atoms with Crippen molar-refractivity contribution < 1.29 is 9.53 Å². The predicted octanol–water partition coefficient (Wildman–Crippen LogP) is 3.95. The molecule has 2 N–H and O–H groups in total. The highest BCUT2D eigenvalue weighted by Crippen LogP contribution is 2.34. The van der Waals surface area contributed by atoms with Crippen LogP contribution in [-0.4, -0.2) is 11.6 Å². The van der Waals surface area contributed by atoms with Crippen LogP contribution in [0.25, 0.3) is 11.1 Å². The summed E-state index contributed by atoms with van der Waals surface area (Å²) in [7, 11) is 0. The summed E-state index contributed by atoms with van der Waals surface area (Å²) >= 11 is 1.26. The van der Waals surface area contributed by atoms with E-state index < -0.39 is 5.60 Å². The van der Waals surface area contributed by atoms with E-state index in [1.807, 2.05) is 57.2 Å². The molecule has 1 heterocycles. The maximum absolute atomic E-state index is 12.2. The second-order valence-electron chi connectivity index (χ2n) is 5.26. The lowest BCUT2D eigenvalue weighted by Crippen LogP contribution is -2.23. The lowest BCUT2D eigenvalue weighted by atomic mass is 10.1. The normalized spacial score (nSPS) is 11.3. The third-order valence-corrected chi connectivity index (χ3v) is 3.36.